The van der Waals surface area contributed by atoms with E-state index in [0.29, 0.717) is 0 Å². The molecule has 0 radical (unpaired) electrons. The highest BCUT2D eigenvalue weighted by molar-refractivity contribution is 7.82. The topological polar surface area (TPSA) is 89.9 Å². The molecule has 0 aliphatic carbocycles. The van der Waals surface area contributed by atoms with Gasteiger partial charge in [0.05, 0.1) is 6.61 Å². The van der Waals surface area contributed by atoms with Crippen molar-refractivity contribution in [3.05, 3.63) is 35.6 Å². The molecule has 0 aromatic rings. The maximum Gasteiger partial charge on any atom is 0.449 e. The van der Waals surface area contributed by atoms with Gasteiger partial charge >= 0.3 is 16.4 Å². The zero-order chi connectivity index (χ0) is 16.9. The van der Waals surface area contributed by atoms with Gasteiger partial charge in [0.25, 0.3) is 0 Å². The van der Waals surface area contributed by atoms with Crippen LogP contribution in [-0.2, 0) is 23.6 Å². The number of aliphatic carboxylic acids is 1. The molecule has 1 N–H and O–H groups in total. The molecular formula is C13H22O6S2. The summed E-state index contributed by atoms with van der Waals surface area (Å²) in [7, 11) is -4.32. The normalized spacial score (nSPS) is 12.8. The van der Waals surface area contributed by atoms with Crippen LogP contribution in [0.25, 0.3) is 0 Å². The summed E-state index contributed by atoms with van der Waals surface area (Å²) in [6.45, 7) is 7.03. The highest BCUT2D eigenvalue weighted by atomic mass is 32.3. The lowest BCUT2D eigenvalue weighted by Gasteiger charge is -2.08. The van der Waals surface area contributed by atoms with Crippen LogP contribution in [0.15, 0.2) is 35.6 Å². The van der Waals surface area contributed by atoms with Gasteiger partial charge in [-0.05, 0) is 26.0 Å². The minimum Gasteiger partial charge on any atom is -0.478 e. The number of carboxylic acids is 1. The van der Waals surface area contributed by atoms with Gasteiger partial charge in [-0.25, -0.2) is 8.98 Å². The van der Waals surface area contributed by atoms with Gasteiger partial charge in [-0.2, -0.15) is 21.0 Å². The van der Waals surface area contributed by atoms with Crippen LogP contribution in [0.3, 0.4) is 0 Å². The van der Waals surface area contributed by atoms with Crippen LogP contribution in [0.5, 0.6) is 0 Å². The van der Waals surface area contributed by atoms with Gasteiger partial charge in [-0.3, -0.25) is 0 Å². The quantitative estimate of drug-likeness (QED) is 0.306. The van der Waals surface area contributed by atoms with Crippen LogP contribution in [0, 0.1) is 0 Å². The second kappa shape index (κ2) is 12.5. The van der Waals surface area contributed by atoms with E-state index >= 15 is 0 Å². The van der Waals surface area contributed by atoms with E-state index in [4.69, 9.17) is 5.11 Å². The average molecular weight is 338 g/mol. The highest BCUT2D eigenvalue weighted by Gasteiger charge is 2.19. The predicted molar refractivity (Wildman–Crippen MR) is 85.4 cm³/mol. The van der Waals surface area contributed by atoms with Crippen molar-refractivity contribution < 1.29 is 26.7 Å². The van der Waals surface area contributed by atoms with E-state index in [9.17, 15) is 13.2 Å². The van der Waals surface area contributed by atoms with Crippen LogP contribution < -0.4 is 0 Å². The second-order valence-corrected chi connectivity index (χ2v) is 4.79. The molecule has 0 fully saturated rings. The number of thiol groups is 1. The molecule has 21 heavy (non-hydrogen) atoms. The molecule has 0 heterocycles. The Kier molecular flexibility index (Phi) is 13.1. The van der Waals surface area contributed by atoms with Crippen molar-refractivity contribution in [3.63, 3.8) is 0 Å². The molecule has 0 amide bonds. The van der Waals surface area contributed by atoms with E-state index in [2.05, 4.69) is 21.0 Å². The molecule has 0 aliphatic heterocycles. The first-order chi connectivity index (χ1) is 9.87. The summed E-state index contributed by atoms with van der Waals surface area (Å²) in [6, 6.07) is 0. The highest BCUT2D eigenvalue weighted by Crippen LogP contribution is 2.15. The Morgan fingerprint density at radius 2 is 1.71 bits per heavy atom. The molecule has 0 spiro atoms. The van der Waals surface area contributed by atoms with Crippen LogP contribution in [0.4, 0.5) is 0 Å². The third kappa shape index (κ3) is 10.2. The Bertz CT molecular complexity index is 489. The minimum atomic E-state index is -4.32. The third-order valence-electron chi connectivity index (χ3n) is 1.66. The number of hydrogen-bond acceptors (Lipinski definition) is 6. The van der Waals surface area contributed by atoms with Crippen molar-refractivity contribution >= 4 is 29.0 Å². The molecule has 6 nitrogen and oxygen atoms in total. The Morgan fingerprint density at radius 1 is 1.19 bits per heavy atom. The van der Waals surface area contributed by atoms with Crippen LogP contribution in [0.2, 0.25) is 0 Å². The fourth-order valence-corrected chi connectivity index (χ4v) is 1.93. The fraction of sp³-hybridized carbons (Fsp3) is 0.462. The number of carboxylic acid groups (broad SMARTS) is 1. The number of allylic oxidation sites excluding steroid dienone is 3. The maximum atomic E-state index is 11.4. The van der Waals surface area contributed by atoms with Crippen molar-refractivity contribution in [3.8, 4) is 0 Å². The van der Waals surface area contributed by atoms with E-state index in [1.165, 1.54) is 24.3 Å². The molecule has 0 aromatic carbocycles. The van der Waals surface area contributed by atoms with E-state index in [1.54, 1.807) is 13.8 Å². The maximum absolute atomic E-state index is 11.4. The van der Waals surface area contributed by atoms with Gasteiger partial charge in [-0.1, -0.05) is 26.0 Å². The summed E-state index contributed by atoms with van der Waals surface area (Å²) >= 11 is 3.79. The monoisotopic (exact) mass is 338 g/mol. The molecule has 0 saturated heterocycles. The molecule has 0 atom stereocenters. The van der Waals surface area contributed by atoms with Gasteiger partial charge in [0.1, 0.15) is 5.57 Å². The minimum absolute atomic E-state index is 0.166. The Balaban J connectivity index is 0. The van der Waals surface area contributed by atoms with Crippen molar-refractivity contribution in [2.75, 3.05) is 12.4 Å². The smallest absolute Gasteiger partial charge is 0.449 e. The summed E-state index contributed by atoms with van der Waals surface area (Å²) in [4.78, 5) is 11.0. The van der Waals surface area contributed by atoms with E-state index in [-0.39, 0.29) is 23.7 Å². The molecule has 122 valence electrons. The number of rotatable bonds is 8. The van der Waals surface area contributed by atoms with Crippen molar-refractivity contribution in [1.29, 1.82) is 0 Å². The van der Waals surface area contributed by atoms with Crippen LogP contribution >= 0.6 is 12.6 Å². The summed E-state index contributed by atoms with van der Waals surface area (Å²) in [5, 5.41) is 9.00. The van der Waals surface area contributed by atoms with E-state index in [1.807, 2.05) is 13.8 Å². The first-order valence-corrected chi connectivity index (χ1v) is 8.27. The lowest BCUT2D eigenvalue weighted by atomic mass is 10.2. The summed E-state index contributed by atoms with van der Waals surface area (Å²) in [5.41, 5.74) is -0.293. The molecule has 0 unspecified atom stereocenters. The van der Waals surface area contributed by atoms with Crippen LogP contribution in [0.1, 0.15) is 27.7 Å². The zero-order valence-electron chi connectivity index (χ0n) is 12.6. The fourth-order valence-electron chi connectivity index (χ4n) is 1.01. The number of hydrogen-bond donors (Lipinski definition) is 2. The van der Waals surface area contributed by atoms with Gasteiger partial charge in [0.2, 0.25) is 0 Å². The Morgan fingerprint density at radius 3 is 2.10 bits per heavy atom. The third-order valence-corrected chi connectivity index (χ3v) is 2.68. The lowest BCUT2D eigenvalue weighted by Crippen LogP contribution is -2.13. The largest absolute Gasteiger partial charge is 0.478 e. The average Bonchev–Trinajstić information content (AvgIpc) is 2.44. The molecular weight excluding hydrogens is 316 g/mol. The van der Waals surface area contributed by atoms with Gasteiger partial charge < -0.3 is 9.29 Å². The van der Waals surface area contributed by atoms with Gasteiger partial charge in [0, 0.05) is 5.75 Å². The molecule has 0 rings (SSSR count). The first-order valence-electron chi connectivity index (χ1n) is 6.30. The zero-order valence-corrected chi connectivity index (χ0v) is 14.3. The lowest BCUT2D eigenvalue weighted by molar-refractivity contribution is -0.132. The van der Waals surface area contributed by atoms with Crippen molar-refractivity contribution in [2.24, 2.45) is 0 Å². The summed E-state index contributed by atoms with van der Waals surface area (Å²) < 4.78 is 32.0. The van der Waals surface area contributed by atoms with Gasteiger partial charge in [-0.15, -0.1) is 0 Å². The first kappa shape index (κ1) is 22.0. The van der Waals surface area contributed by atoms with Crippen molar-refractivity contribution in [1.82, 2.24) is 0 Å². The molecule has 0 saturated carbocycles. The SMILES string of the molecule is CC.C\C=C/C(OS(=O)(=O)OCCS)=C(\C=C/C)C(=O)O. The second-order valence-electron chi connectivity index (χ2n) is 3.12. The number of carbonyl (C=O) groups is 1. The van der Waals surface area contributed by atoms with Crippen LogP contribution in [-0.4, -0.2) is 31.9 Å². The molecule has 0 aliphatic rings. The van der Waals surface area contributed by atoms with E-state index < -0.39 is 16.4 Å². The molecule has 8 heteroatoms. The Labute approximate surface area is 131 Å². The molecule has 0 aromatic heterocycles. The van der Waals surface area contributed by atoms with Crippen molar-refractivity contribution in [2.45, 2.75) is 27.7 Å². The summed E-state index contributed by atoms with van der Waals surface area (Å²) in [5.74, 6) is -1.45. The standard InChI is InChI=1S/C11H16O6S2.C2H6/c1-3-5-9(11(12)13)10(6-4-2)17-19(14,15)16-7-8-18;1-2/h3-6,18H,7-8H2,1-2H3,(H,12,13);1-2H3/b5-3-,6-4-,10-9-;. The van der Waals surface area contributed by atoms with E-state index in [0.717, 1.165) is 0 Å². The Hall–Kier alpha value is -1.25. The molecule has 0 bridgehead atoms. The van der Waals surface area contributed by atoms with Gasteiger partial charge in [0.15, 0.2) is 5.76 Å². The summed E-state index contributed by atoms with van der Waals surface area (Å²) in [6.07, 6.45) is 5.37. The predicted octanol–water partition coefficient (Wildman–Crippen LogP) is 2.71.